The van der Waals surface area contributed by atoms with E-state index in [1.54, 1.807) is 44.9 Å². The average Bonchev–Trinajstić information content (AvgIpc) is 2.81. The molecule has 0 aromatic heterocycles. The maximum Gasteiger partial charge on any atom is 0.419 e. The number of amides is 3. The lowest BCUT2D eigenvalue weighted by atomic mass is 10.1. The number of ether oxygens (including phenoxy) is 1. The second kappa shape index (κ2) is 9.70. The molecular formula is C24H28ClN3O5. The molecular weight excluding hydrogens is 446 g/mol. The largest absolute Gasteiger partial charge is 0.465 e. The molecule has 9 heteroatoms. The van der Waals surface area contributed by atoms with Crippen molar-refractivity contribution in [3.63, 3.8) is 0 Å². The molecule has 2 aromatic rings. The first-order chi connectivity index (χ1) is 15.5. The van der Waals surface area contributed by atoms with Crippen molar-refractivity contribution in [2.24, 2.45) is 0 Å². The SMILES string of the molecule is CN1C(=O)c2ccccc2N(CCCCN(C(=O)O)C(=O)OC(C)(C)C)c2cc(Cl)ccc21. The highest BCUT2D eigenvalue weighted by Crippen LogP contribution is 2.41. The Labute approximate surface area is 198 Å². The maximum absolute atomic E-state index is 13.1. The normalized spacial score (nSPS) is 13.2. The van der Waals surface area contributed by atoms with Crippen LogP contribution in [-0.2, 0) is 4.74 Å². The summed E-state index contributed by atoms with van der Waals surface area (Å²) in [5.41, 5.74) is 2.03. The smallest absolute Gasteiger partial charge is 0.419 e. The Bertz CT molecular complexity index is 1070. The number of imide groups is 1. The number of carboxylic acid groups (broad SMARTS) is 1. The number of halogens is 1. The molecule has 0 atom stereocenters. The number of nitrogens with zero attached hydrogens (tertiary/aromatic N) is 3. The standard InChI is InChI=1S/C24H28ClN3O5/c1-24(2,3)33-23(32)28(22(30)31)14-8-7-13-27-18-10-6-5-9-17(18)21(29)26(4)19-12-11-16(25)15-20(19)27/h5-6,9-12,15H,7-8,13-14H2,1-4H3,(H,30,31). The Morgan fingerprint density at radius 1 is 1.06 bits per heavy atom. The highest BCUT2D eigenvalue weighted by Gasteiger charge is 2.29. The van der Waals surface area contributed by atoms with Gasteiger partial charge in [0.15, 0.2) is 0 Å². The summed E-state index contributed by atoms with van der Waals surface area (Å²) in [6.45, 7) is 5.54. The van der Waals surface area contributed by atoms with Crippen molar-refractivity contribution in [2.45, 2.75) is 39.2 Å². The minimum atomic E-state index is -1.35. The van der Waals surface area contributed by atoms with Crippen molar-refractivity contribution < 1.29 is 24.2 Å². The predicted molar refractivity (Wildman–Crippen MR) is 128 cm³/mol. The zero-order valence-corrected chi connectivity index (χ0v) is 19.9. The van der Waals surface area contributed by atoms with Crippen LogP contribution in [0.3, 0.4) is 0 Å². The first-order valence-electron chi connectivity index (χ1n) is 10.7. The van der Waals surface area contributed by atoms with E-state index in [0.29, 0.717) is 34.9 Å². The molecule has 8 nitrogen and oxygen atoms in total. The van der Waals surface area contributed by atoms with Crippen LogP contribution in [0.15, 0.2) is 42.5 Å². The monoisotopic (exact) mass is 473 g/mol. The summed E-state index contributed by atoms with van der Waals surface area (Å²) >= 11 is 6.28. The Hall–Kier alpha value is -3.26. The molecule has 0 radical (unpaired) electrons. The third kappa shape index (κ3) is 5.57. The van der Waals surface area contributed by atoms with E-state index < -0.39 is 17.8 Å². The van der Waals surface area contributed by atoms with E-state index in [1.165, 1.54) is 0 Å². The summed E-state index contributed by atoms with van der Waals surface area (Å²) in [6, 6.07) is 12.7. The highest BCUT2D eigenvalue weighted by atomic mass is 35.5. The van der Waals surface area contributed by atoms with Crippen molar-refractivity contribution in [1.29, 1.82) is 0 Å². The lowest BCUT2D eigenvalue weighted by Crippen LogP contribution is -2.40. The maximum atomic E-state index is 13.1. The zero-order valence-electron chi connectivity index (χ0n) is 19.2. The van der Waals surface area contributed by atoms with Gasteiger partial charge in [-0.05, 0) is 63.9 Å². The van der Waals surface area contributed by atoms with Crippen LogP contribution in [0.5, 0.6) is 0 Å². The average molecular weight is 474 g/mol. The van der Waals surface area contributed by atoms with Crippen LogP contribution in [0.25, 0.3) is 0 Å². The molecule has 2 aromatic carbocycles. The van der Waals surface area contributed by atoms with Gasteiger partial charge in [-0.3, -0.25) is 4.79 Å². The van der Waals surface area contributed by atoms with Crippen molar-refractivity contribution in [3.8, 4) is 0 Å². The van der Waals surface area contributed by atoms with Crippen molar-refractivity contribution >= 4 is 46.8 Å². The molecule has 1 N–H and O–H groups in total. The molecule has 0 saturated heterocycles. The second-order valence-corrected chi connectivity index (χ2v) is 9.22. The molecule has 176 valence electrons. The lowest BCUT2D eigenvalue weighted by Gasteiger charge is -2.27. The minimum Gasteiger partial charge on any atom is -0.465 e. The number of hydrogen-bond donors (Lipinski definition) is 1. The number of carbonyl (C=O) groups excluding carboxylic acids is 2. The van der Waals surface area contributed by atoms with Gasteiger partial charge in [-0.25, -0.2) is 14.5 Å². The van der Waals surface area contributed by atoms with Crippen LogP contribution < -0.4 is 9.80 Å². The van der Waals surface area contributed by atoms with E-state index >= 15 is 0 Å². The van der Waals surface area contributed by atoms with Gasteiger partial charge in [0.25, 0.3) is 5.91 Å². The molecule has 3 rings (SSSR count). The Morgan fingerprint density at radius 2 is 1.76 bits per heavy atom. The topological polar surface area (TPSA) is 90.4 Å². The van der Waals surface area contributed by atoms with Crippen LogP contribution >= 0.6 is 11.6 Å². The van der Waals surface area contributed by atoms with E-state index in [1.807, 2.05) is 35.2 Å². The van der Waals surface area contributed by atoms with E-state index in [2.05, 4.69) is 0 Å². The van der Waals surface area contributed by atoms with Crippen molar-refractivity contribution in [2.75, 3.05) is 29.9 Å². The molecule has 0 bridgehead atoms. The van der Waals surface area contributed by atoms with E-state index in [4.69, 9.17) is 16.3 Å². The number of fused-ring (bicyclic) bond motifs is 2. The summed E-state index contributed by atoms with van der Waals surface area (Å²) in [6.07, 6.45) is -1.26. The van der Waals surface area contributed by atoms with Gasteiger partial charge in [0.05, 0.1) is 22.6 Å². The van der Waals surface area contributed by atoms with Crippen LogP contribution in [0.4, 0.5) is 26.7 Å². The van der Waals surface area contributed by atoms with Gasteiger partial charge in [-0.1, -0.05) is 23.7 Å². The molecule has 0 unspecified atom stereocenters. The number of benzene rings is 2. The van der Waals surface area contributed by atoms with Gasteiger partial charge < -0.3 is 19.6 Å². The third-order valence-corrected chi connectivity index (χ3v) is 5.41. The third-order valence-electron chi connectivity index (χ3n) is 5.18. The molecule has 0 aliphatic carbocycles. The number of carbonyl (C=O) groups is 3. The van der Waals surface area contributed by atoms with Crippen molar-refractivity contribution in [1.82, 2.24) is 4.90 Å². The fraction of sp³-hybridized carbons (Fsp3) is 0.375. The van der Waals surface area contributed by atoms with Crippen LogP contribution in [0, 0.1) is 0 Å². The summed E-state index contributed by atoms with van der Waals surface area (Å²) in [5.74, 6) is -0.126. The summed E-state index contributed by atoms with van der Waals surface area (Å²) in [5, 5.41) is 9.97. The van der Waals surface area contributed by atoms with Crippen LogP contribution in [0.2, 0.25) is 5.02 Å². The molecule has 1 aliphatic rings. The summed E-state index contributed by atoms with van der Waals surface area (Å²) < 4.78 is 5.19. The van der Waals surface area contributed by atoms with Gasteiger partial charge in [0.2, 0.25) is 0 Å². The van der Waals surface area contributed by atoms with Crippen molar-refractivity contribution in [3.05, 3.63) is 53.1 Å². The summed E-state index contributed by atoms with van der Waals surface area (Å²) in [7, 11) is 1.72. The first-order valence-corrected chi connectivity index (χ1v) is 11.0. The van der Waals surface area contributed by atoms with Crippen LogP contribution in [0.1, 0.15) is 44.0 Å². The van der Waals surface area contributed by atoms with Gasteiger partial charge in [-0.2, -0.15) is 0 Å². The number of hydrogen-bond acceptors (Lipinski definition) is 5. The summed E-state index contributed by atoms with van der Waals surface area (Å²) in [4.78, 5) is 41.1. The molecule has 33 heavy (non-hydrogen) atoms. The van der Waals surface area contributed by atoms with Gasteiger partial charge in [0, 0.05) is 25.2 Å². The lowest BCUT2D eigenvalue weighted by molar-refractivity contribution is 0.0267. The van der Waals surface area contributed by atoms with Gasteiger partial charge >= 0.3 is 12.2 Å². The molecule has 0 saturated carbocycles. The molecule has 1 heterocycles. The Morgan fingerprint density at radius 3 is 2.42 bits per heavy atom. The molecule has 0 fully saturated rings. The Balaban J connectivity index is 1.81. The number of para-hydroxylation sites is 1. The number of unbranched alkanes of at least 4 members (excludes halogenated alkanes) is 1. The Kier molecular flexibility index (Phi) is 7.17. The van der Waals surface area contributed by atoms with E-state index in [-0.39, 0.29) is 12.5 Å². The second-order valence-electron chi connectivity index (χ2n) is 8.79. The fourth-order valence-corrected chi connectivity index (χ4v) is 3.84. The van der Waals surface area contributed by atoms with Crippen LogP contribution in [-0.4, -0.2) is 53.8 Å². The highest BCUT2D eigenvalue weighted by molar-refractivity contribution is 6.31. The molecule has 3 amide bonds. The fourth-order valence-electron chi connectivity index (χ4n) is 3.67. The first kappa shape index (κ1) is 24.4. The zero-order chi connectivity index (χ0) is 24.3. The van der Waals surface area contributed by atoms with Gasteiger partial charge in [-0.15, -0.1) is 0 Å². The number of rotatable bonds is 5. The quantitative estimate of drug-likeness (QED) is 0.555. The minimum absolute atomic E-state index is 0.000962. The van der Waals surface area contributed by atoms with E-state index in [0.717, 1.165) is 17.1 Å². The van der Waals surface area contributed by atoms with E-state index in [9.17, 15) is 19.5 Å². The molecule has 0 spiro atoms. The predicted octanol–water partition coefficient (Wildman–Crippen LogP) is 5.76. The number of anilines is 3. The molecule has 1 aliphatic heterocycles. The van der Waals surface area contributed by atoms with Gasteiger partial charge in [0.1, 0.15) is 5.60 Å².